The van der Waals surface area contributed by atoms with Crippen molar-refractivity contribution < 1.29 is 14.0 Å². The first-order valence-electron chi connectivity index (χ1n) is 7.15. The lowest BCUT2D eigenvalue weighted by molar-refractivity contribution is -0.123. The van der Waals surface area contributed by atoms with E-state index in [-0.39, 0.29) is 23.8 Å². The smallest absolute Gasteiger partial charge is 0.289 e. The fourth-order valence-corrected chi connectivity index (χ4v) is 2.85. The molecule has 110 valence electrons. The molecule has 1 aromatic carbocycles. The topological polar surface area (TPSA) is 76.5 Å². The number of hydrogen-bond donors (Lipinski definition) is 1. The van der Waals surface area contributed by atoms with E-state index in [1.807, 2.05) is 31.2 Å². The van der Waals surface area contributed by atoms with Gasteiger partial charge >= 0.3 is 0 Å². The molecule has 2 N–H and O–H groups in total. The zero-order chi connectivity index (χ0) is 15.0. The number of rotatable bonds is 2. The molecule has 1 aromatic heterocycles. The number of benzene rings is 1. The Bertz CT molecular complexity index is 659. The summed E-state index contributed by atoms with van der Waals surface area (Å²) in [5.41, 5.74) is 6.07. The molecule has 2 amide bonds. The van der Waals surface area contributed by atoms with Crippen molar-refractivity contribution in [3.8, 4) is 0 Å². The number of para-hydroxylation sites is 1. The maximum Gasteiger partial charge on any atom is 0.289 e. The van der Waals surface area contributed by atoms with Crippen LogP contribution in [0, 0.1) is 5.92 Å². The number of amides is 2. The third kappa shape index (κ3) is 2.51. The van der Waals surface area contributed by atoms with Crippen LogP contribution in [-0.4, -0.2) is 29.3 Å². The van der Waals surface area contributed by atoms with Crippen molar-refractivity contribution in [2.75, 3.05) is 6.54 Å². The van der Waals surface area contributed by atoms with Gasteiger partial charge in [0, 0.05) is 18.0 Å². The average Bonchev–Trinajstić information content (AvgIpc) is 2.90. The fraction of sp³-hybridized carbons (Fsp3) is 0.375. The number of nitrogens with zero attached hydrogens (tertiary/aromatic N) is 1. The Labute approximate surface area is 122 Å². The molecule has 0 aliphatic carbocycles. The summed E-state index contributed by atoms with van der Waals surface area (Å²) < 4.78 is 5.62. The molecule has 0 spiro atoms. The van der Waals surface area contributed by atoms with Gasteiger partial charge in [0.05, 0.1) is 5.92 Å². The minimum Gasteiger partial charge on any atom is -0.451 e. The molecule has 5 nitrogen and oxygen atoms in total. The van der Waals surface area contributed by atoms with Crippen molar-refractivity contribution in [1.82, 2.24) is 4.90 Å². The normalized spacial score (nSPS) is 22.4. The minimum atomic E-state index is -0.343. The predicted octanol–water partition coefficient (Wildman–Crippen LogP) is 2.16. The Balaban J connectivity index is 1.87. The second-order valence-corrected chi connectivity index (χ2v) is 5.63. The lowest BCUT2D eigenvalue weighted by Gasteiger charge is -2.36. The molecule has 0 bridgehead atoms. The van der Waals surface area contributed by atoms with Crippen LogP contribution in [0.2, 0.25) is 0 Å². The maximum atomic E-state index is 12.6. The number of hydrogen-bond acceptors (Lipinski definition) is 3. The molecule has 5 heteroatoms. The van der Waals surface area contributed by atoms with Gasteiger partial charge in [-0.1, -0.05) is 18.2 Å². The minimum absolute atomic E-state index is 0.0845. The third-order valence-electron chi connectivity index (χ3n) is 4.18. The van der Waals surface area contributed by atoms with Crippen molar-refractivity contribution in [2.45, 2.75) is 25.8 Å². The summed E-state index contributed by atoms with van der Waals surface area (Å²) in [6.07, 6.45) is 1.51. The number of nitrogens with two attached hydrogens (primary N) is 1. The number of fused-ring (bicyclic) bond motifs is 1. The number of carbonyl (C=O) groups is 2. The molecule has 1 saturated heterocycles. The summed E-state index contributed by atoms with van der Waals surface area (Å²) in [4.78, 5) is 25.7. The van der Waals surface area contributed by atoms with Crippen molar-refractivity contribution in [1.29, 1.82) is 0 Å². The van der Waals surface area contributed by atoms with Gasteiger partial charge in [0.25, 0.3) is 5.91 Å². The van der Waals surface area contributed by atoms with E-state index in [4.69, 9.17) is 10.2 Å². The van der Waals surface area contributed by atoms with Gasteiger partial charge in [-0.25, -0.2) is 0 Å². The molecule has 21 heavy (non-hydrogen) atoms. The Morgan fingerprint density at radius 2 is 2.05 bits per heavy atom. The van der Waals surface area contributed by atoms with E-state index >= 15 is 0 Å². The van der Waals surface area contributed by atoms with E-state index < -0.39 is 0 Å². The van der Waals surface area contributed by atoms with Crippen molar-refractivity contribution in [2.24, 2.45) is 11.7 Å². The van der Waals surface area contributed by atoms with Crippen molar-refractivity contribution >= 4 is 22.8 Å². The molecule has 2 heterocycles. The van der Waals surface area contributed by atoms with Gasteiger partial charge in [-0.2, -0.15) is 0 Å². The maximum absolute atomic E-state index is 12.6. The van der Waals surface area contributed by atoms with Crippen LogP contribution in [0.15, 0.2) is 34.7 Å². The highest BCUT2D eigenvalue weighted by Crippen LogP contribution is 2.26. The van der Waals surface area contributed by atoms with E-state index in [0.29, 0.717) is 17.9 Å². The highest BCUT2D eigenvalue weighted by molar-refractivity contribution is 5.96. The zero-order valence-electron chi connectivity index (χ0n) is 11.9. The van der Waals surface area contributed by atoms with E-state index in [9.17, 15) is 9.59 Å². The highest BCUT2D eigenvalue weighted by Gasteiger charge is 2.33. The summed E-state index contributed by atoms with van der Waals surface area (Å²) in [7, 11) is 0. The fourth-order valence-electron chi connectivity index (χ4n) is 2.85. The molecule has 2 unspecified atom stereocenters. The molecule has 2 atom stereocenters. The van der Waals surface area contributed by atoms with E-state index in [0.717, 1.165) is 18.2 Å². The van der Waals surface area contributed by atoms with Gasteiger partial charge in [-0.3, -0.25) is 9.59 Å². The van der Waals surface area contributed by atoms with Gasteiger partial charge in [0.2, 0.25) is 5.91 Å². The van der Waals surface area contributed by atoms with Crippen LogP contribution >= 0.6 is 0 Å². The second-order valence-electron chi connectivity index (χ2n) is 5.63. The number of furan rings is 1. The second kappa shape index (κ2) is 5.24. The van der Waals surface area contributed by atoms with E-state index in [1.54, 1.807) is 11.0 Å². The number of carbonyl (C=O) groups excluding carboxylic acids is 2. The van der Waals surface area contributed by atoms with Crippen LogP contribution in [0.3, 0.4) is 0 Å². The summed E-state index contributed by atoms with van der Waals surface area (Å²) in [6.45, 7) is 2.35. The Hall–Kier alpha value is -2.30. The Kier molecular flexibility index (Phi) is 3.41. The largest absolute Gasteiger partial charge is 0.451 e. The first-order chi connectivity index (χ1) is 10.1. The van der Waals surface area contributed by atoms with Gasteiger partial charge in [0.15, 0.2) is 5.76 Å². The quantitative estimate of drug-likeness (QED) is 0.919. The van der Waals surface area contributed by atoms with Gasteiger partial charge in [-0.15, -0.1) is 0 Å². The van der Waals surface area contributed by atoms with Gasteiger partial charge in [0.1, 0.15) is 5.58 Å². The van der Waals surface area contributed by atoms with Crippen LogP contribution in [0.5, 0.6) is 0 Å². The molecule has 1 aliphatic heterocycles. The lowest BCUT2D eigenvalue weighted by Crippen LogP contribution is -2.48. The lowest BCUT2D eigenvalue weighted by atomic mass is 9.93. The van der Waals surface area contributed by atoms with Crippen LogP contribution in [-0.2, 0) is 4.79 Å². The highest BCUT2D eigenvalue weighted by atomic mass is 16.3. The standard InChI is InChI=1S/C16H18N2O3/c1-10-6-7-12(15(17)19)9-18(10)16(20)14-8-11-4-2-3-5-13(11)21-14/h2-5,8,10,12H,6-7,9H2,1H3,(H2,17,19). The van der Waals surface area contributed by atoms with Crippen LogP contribution in [0.4, 0.5) is 0 Å². The molecule has 0 saturated carbocycles. The average molecular weight is 286 g/mol. The molecule has 1 aliphatic rings. The molecule has 2 aromatic rings. The number of primary amides is 1. The van der Waals surface area contributed by atoms with E-state index in [2.05, 4.69) is 0 Å². The van der Waals surface area contributed by atoms with Gasteiger partial charge in [-0.05, 0) is 31.9 Å². The number of piperidine rings is 1. The predicted molar refractivity (Wildman–Crippen MR) is 78.6 cm³/mol. The monoisotopic (exact) mass is 286 g/mol. The molecule has 0 radical (unpaired) electrons. The molecular weight excluding hydrogens is 268 g/mol. The summed E-state index contributed by atoms with van der Waals surface area (Å²) in [6, 6.07) is 9.34. The summed E-state index contributed by atoms with van der Waals surface area (Å²) in [5.74, 6) is -0.475. The molecular formula is C16H18N2O3. The SMILES string of the molecule is CC1CCC(C(N)=O)CN1C(=O)c1cc2ccccc2o1. The van der Waals surface area contributed by atoms with Crippen molar-refractivity contribution in [3.63, 3.8) is 0 Å². The van der Waals surface area contributed by atoms with Crippen molar-refractivity contribution in [3.05, 3.63) is 36.1 Å². The summed E-state index contributed by atoms with van der Waals surface area (Å²) in [5, 5.41) is 0.900. The first kappa shape index (κ1) is 13.7. The number of likely N-dealkylation sites (tertiary alicyclic amines) is 1. The van der Waals surface area contributed by atoms with E-state index in [1.165, 1.54) is 0 Å². The van der Waals surface area contributed by atoms with Crippen LogP contribution in [0.1, 0.15) is 30.3 Å². The Morgan fingerprint density at radius 3 is 2.76 bits per heavy atom. The van der Waals surface area contributed by atoms with Gasteiger partial charge < -0.3 is 15.1 Å². The molecule has 1 fully saturated rings. The first-order valence-corrected chi connectivity index (χ1v) is 7.15. The van der Waals surface area contributed by atoms with Crippen LogP contribution < -0.4 is 5.73 Å². The molecule has 3 rings (SSSR count). The third-order valence-corrected chi connectivity index (χ3v) is 4.18. The van der Waals surface area contributed by atoms with Crippen LogP contribution in [0.25, 0.3) is 11.0 Å². The summed E-state index contributed by atoms with van der Waals surface area (Å²) >= 11 is 0. The Morgan fingerprint density at radius 1 is 1.29 bits per heavy atom. The zero-order valence-corrected chi connectivity index (χ0v) is 11.9.